The molecule has 0 radical (unpaired) electrons. The first-order valence-corrected chi connectivity index (χ1v) is 9.39. The lowest BCUT2D eigenvalue weighted by atomic mass is 10.1. The summed E-state index contributed by atoms with van der Waals surface area (Å²) in [7, 11) is 0. The molecular weight excluding hydrogens is 318 g/mol. The summed E-state index contributed by atoms with van der Waals surface area (Å²) >= 11 is 1.80. The van der Waals surface area contributed by atoms with Crippen molar-refractivity contribution in [1.29, 1.82) is 0 Å². The highest BCUT2D eigenvalue weighted by atomic mass is 32.2. The van der Waals surface area contributed by atoms with Crippen LogP contribution in [-0.4, -0.2) is 11.9 Å². The summed E-state index contributed by atoms with van der Waals surface area (Å²) in [4.78, 5) is 12.5. The number of carbonyl (C=O) groups excluding carboxylic acids is 1. The van der Waals surface area contributed by atoms with E-state index in [4.69, 9.17) is 4.42 Å². The smallest absolute Gasteiger partial charge is 0.287 e. The van der Waals surface area contributed by atoms with E-state index < -0.39 is 0 Å². The van der Waals surface area contributed by atoms with E-state index in [2.05, 4.69) is 29.6 Å². The molecule has 4 rings (SSSR count). The molecule has 0 atom stereocenters. The lowest BCUT2D eigenvalue weighted by Gasteiger charge is -2.05. The van der Waals surface area contributed by atoms with Gasteiger partial charge in [0.2, 0.25) is 0 Å². The first-order chi connectivity index (χ1) is 11.8. The first kappa shape index (κ1) is 15.3. The third-order valence-electron chi connectivity index (χ3n) is 4.18. The second-order valence-corrected chi connectivity index (χ2v) is 7.12. The molecule has 0 unspecified atom stereocenters. The van der Waals surface area contributed by atoms with E-state index in [0.717, 1.165) is 40.9 Å². The normalized spacial score (nSPS) is 14.0. The van der Waals surface area contributed by atoms with Gasteiger partial charge in [0.25, 0.3) is 5.91 Å². The maximum Gasteiger partial charge on any atom is 0.287 e. The highest BCUT2D eigenvalue weighted by molar-refractivity contribution is 7.97. The summed E-state index contributed by atoms with van der Waals surface area (Å²) in [5.74, 6) is 2.08. The molecular formula is C20H19NO2S. The molecule has 2 aromatic carbocycles. The minimum absolute atomic E-state index is 0.0796. The number of furan rings is 1. The Hall–Kier alpha value is -2.20. The van der Waals surface area contributed by atoms with Gasteiger partial charge >= 0.3 is 0 Å². The zero-order chi connectivity index (χ0) is 16.4. The van der Waals surface area contributed by atoms with Gasteiger partial charge in [0.1, 0.15) is 5.58 Å². The van der Waals surface area contributed by atoms with Gasteiger partial charge in [-0.15, -0.1) is 0 Å². The van der Waals surface area contributed by atoms with Crippen LogP contribution in [0.15, 0.2) is 59.0 Å². The van der Waals surface area contributed by atoms with Crippen molar-refractivity contribution in [3.05, 3.63) is 71.5 Å². The molecule has 24 heavy (non-hydrogen) atoms. The number of hydrogen-bond acceptors (Lipinski definition) is 3. The van der Waals surface area contributed by atoms with Crippen molar-refractivity contribution in [1.82, 2.24) is 5.32 Å². The summed E-state index contributed by atoms with van der Waals surface area (Å²) in [6.07, 6.45) is 2.15. The lowest BCUT2D eigenvalue weighted by molar-refractivity contribution is 0.0924. The van der Waals surface area contributed by atoms with Gasteiger partial charge in [-0.05, 0) is 24.5 Å². The number of benzene rings is 2. The predicted octanol–water partition coefficient (Wildman–Crippen LogP) is 4.76. The van der Waals surface area contributed by atoms with Crippen LogP contribution in [0.25, 0.3) is 11.0 Å². The fraction of sp³-hybridized carbons (Fsp3) is 0.250. The van der Waals surface area contributed by atoms with E-state index in [1.807, 2.05) is 30.3 Å². The van der Waals surface area contributed by atoms with Gasteiger partial charge in [-0.25, -0.2) is 0 Å². The molecule has 0 bridgehead atoms. The number of para-hydroxylation sites is 1. The second kappa shape index (κ2) is 6.73. The summed E-state index contributed by atoms with van der Waals surface area (Å²) in [5, 5.41) is 4.08. The molecule has 122 valence electrons. The quantitative estimate of drug-likeness (QED) is 0.705. The third kappa shape index (κ3) is 3.34. The third-order valence-corrected chi connectivity index (χ3v) is 5.21. The molecule has 0 saturated heterocycles. The Morgan fingerprint density at radius 1 is 1.04 bits per heavy atom. The average molecular weight is 337 g/mol. The van der Waals surface area contributed by atoms with Gasteiger partial charge in [-0.3, -0.25) is 4.79 Å². The number of fused-ring (bicyclic) bond motifs is 1. The van der Waals surface area contributed by atoms with Crippen LogP contribution in [-0.2, 0) is 11.5 Å². The van der Waals surface area contributed by atoms with Gasteiger partial charge in [0.05, 0.1) is 0 Å². The van der Waals surface area contributed by atoms with Crippen molar-refractivity contribution in [2.24, 2.45) is 0 Å². The summed E-state index contributed by atoms with van der Waals surface area (Å²) in [5.41, 5.74) is 3.08. The van der Waals surface area contributed by atoms with E-state index in [0.29, 0.717) is 11.8 Å². The average Bonchev–Trinajstić information content (AvgIpc) is 3.35. The van der Waals surface area contributed by atoms with Crippen LogP contribution in [0, 0.1) is 0 Å². The number of thioether (sulfide) groups is 1. The van der Waals surface area contributed by atoms with E-state index >= 15 is 0 Å². The summed E-state index contributed by atoms with van der Waals surface area (Å²) in [6.45, 7) is 0. The molecule has 3 aromatic rings. The Kier molecular flexibility index (Phi) is 4.30. The molecule has 1 heterocycles. The van der Waals surface area contributed by atoms with E-state index in [1.165, 1.54) is 5.56 Å². The van der Waals surface area contributed by atoms with Crippen molar-refractivity contribution >= 4 is 28.6 Å². The Labute approximate surface area is 145 Å². The standard InChI is InChI=1S/C20H19NO2S/c22-20(21-15-10-11-15)19-17(16-8-4-5-9-18(16)23-19)13-24-12-14-6-2-1-3-7-14/h1-9,15H,10-13H2,(H,21,22). The minimum Gasteiger partial charge on any atom is -0.451 e. The van der Waals surface area contributed by atoms with Gasteiger partial charge in [0, 0.05) is 28.5 Å². The molecule has 1 aromatic heterocycles. The Morgan fingerprint density at radius 3 is 2.58 bits per heavy atom. The summed E-state index contributed by atoms with van der Waals surface area (Å²) in [6, 6.07) is 18.6. The van der Waals surface area contributed by atoms with E-state index in [-0.39, 0.29) is 5.91 Å². The topological polar surface area (TPSA) is 42.2 Å². The van der Waals surface area contributed by atoms with E-state index in [9.17, 15) is 4.79 Å². The van der Waals surface area contributed by atoms with Gasteiger partial charge in [0.15, 0.2) is 5.76 Å². The maximum absolute atomic E-state index is 12.5. The fourth-order valence-electron chi connectivity index (χ4n) is 2.75. The molecule has 1 fully saturated rings. The van der Waals surface area contributed by atoms with Crippen LogP contribution in [0.1, 0.15) is 34.5 Å². The van der Waals surface area contributed by atoms with Crippen molar-refractivity contribution in [2.75, 3.05) is 0 Å². The minimum atomic E-state index is -0.0796. The molecule has 0 aliphatic heterocycles. The van der Waals surface area contributed by atoms with E-state index in [1.54, 1.807) is 11.8 Å². The van der Waals surface area contributed by atoms with Crippen LogP contribution in [0.5, 0.6) is 0 Å². The van der Waals surface area contributed by atoms with Crippen LogP contribution in [0.3, 0.4) is 0 Å². The Bertz CT molecular complexity index is 852. The monoisotopic (exact) mass is 337 g/mol. The SMILES string of the molecule is O=C(NC1CC1)c1oc2ccccc2c1CSCc1ccccc1. The molecule has 4 heteroatoms. The number of hydrogen-bond donors (Lipinski definition) is 1. The lowest BCUT2D eigenvalue weighted by Crippen LogP contribution is -2.25. The zero-order valence-corrected chi connectivity index (χ0v) is 14.1. The van der Waals surface area contributed by atoms with Crippen molar-refractivity contribution in [3.8, 4) is 0 Å². The van der Waals surface area contributed by atoms with Crippen molar-refractivity contribution in [2.45, 2.75) is 30.4 Å². The number of nitrogens with one attached hydrogen (secondary N) is 1. The highest BCUT2D eigenvalue weighted by Crippen LogP contribution is 2.31. The molecule has 1 saturated carbocycles. The molecule has 1 N–H and O–H groups in total. The highest BCUT2D eigenvalue weighted by Gasteiger charge is 2.27. The van der Waals surface area contributed by atoms with Crippen LogP contribution in [0.2, 0.25) is 0 Å². The first-order valence-electron chi connectivity index (χ1n) is 8.24. The Morgan fingerprint density at radius 2 is 1.79 bits per heavy atom. The number of carbonyl (C=O) groups is 1. The predicted molar refractivity (Wildman–Crippen MR) is 98.1 cm³/mol. The molecule has 0 spiro atoms. The van der Waals surface area contributed by atoms with Crippen molar-refractivity contribution < 1.29 is 9.21 Å². The molecule has 1 amide bonds. The van der Waals surface area contributed by atoms with Crippen LogP contribution < -0.4 is 5.32 Å². The Balaban J connectivity index is 1.56. The maximum atomic E-state index is 12.5. The van der Waals surface area contributed by atoms with Gasteiger partial charge in [-0.2, -0.15) is 11.8 Å². The zero-order valence-electron chi connectivity index (χ0n) is 13.3. The van der Waals surface area contributed by atoms with Crippen LogP contribution >= 0.6 is 11.8 Å². The fourth-order valence-corrected chi connectivity index (χ4v) is 3.77. The summed E-state index contributed by atoms with van der Waals surface area (Å²) < 4.78 is 5.87. The molecule has 3 nitrogen and oxygen atoms in total. The second-order valence-electron chi connectivity index (χ2n) is 6.13. The van der Waals surface area contributed by atoms with Gasteiger partial charge in [-0.1, -0.05) is 48.5 Å². The van der Waals surface area contributed by atoms with Crippen molar-refractivity contribution in [3.63, 3.8) is 0 Å². The van der Waals surface area contributed by atoms with Crippen LogP contribution in [0.4, 0.5) is 0 Å². The largest absolute Gasteiger partial charge is 0.451 e. The number of rotatable bonds is 6. The number of amides is 1. The molecule has 1 aliphatic carbocycles. The van der Waals surface area contributed by atoms with Gasteiger partial charge < -0.3 is 9.73 Å². The molecule has 1 aliphatic rings.